The van der Waals surface area contributed by atoms with Gasteiger partial charge in [0.15, 0.2) is 6.29 Å². The zero-order chi connectivity index (χ0) is 32.9. The minimum Gasteiger partial charge on any atom is -0.515 e. The Morgan fingerprint density at radius 3 is 2.11 bits per heavy atom. The molecule has 8 heteroatoms. The van der Waals surface area contributed by atoms with Crippen LogP contribution in [0.25, 0.3) is 0 Å². The molecule has 0 heterocycles. The molecular formula is C37H67N3O5. The highest BCUT2D eigenvalue weighted by molar-refractivity contribution is 5.69. The van der Waals surface area contributed by atoms with E-state index >= 15 is 0 Å². The van der Waals surface area contributed by atoms with Crippen molar-refractivity contribution >= 4 is 5.97 Å². The molecule has 0 radical (unpaired) electrons. The van der Waals surface area contributed by atoms with Crippen molar-refractivity contribution in [3.8, 4) is 0 Å². The fourth-order valence-corrected chi connectivity index (χ4v) is 6.25. The predicted molar refractivity (Wildman–Crippen MR) is 185 cm³/mol. The number of unbranched alkanes of at least 4 members (excludes halogenated alkanes) is 10. The van der Waals surface area contributed by atoms with Gasteiger partial charge in [-0.15, -0.1) is 0 Å². The Kier molecular flexibility index (Phi) is 20.3. The van der Waals surface area contributed by atoms with Gasteiger partial charge < -0.3 is 34.9 Å². The number of nitrogens with one attached hydrogen (secondary N) is 2. The highest BCUT2D eigenvalue weighted by atomic mass is 16.7. The van der Waals surface area contributed by atoms with E-state index in [4.69, 9.17) is 14.2 Å². The molecule has 2 aliphatic rings. The van der Waals surface area contributed by atoms with Gasteiger partial charge in [0.1, 0.15) is 6.10 Å². The lowest BCUT2D eigenvalue weighted by atomic mass is 9.82. The number of nitrogens with zero attached hydrogens (tertiary/aromatic N) is 1. The fourth-order valence-electron chi connectivity index (χ4n) is 6.25. The number of hydrogen-bond donors (Lipinski definition) is 3. The largest absolute Gasteiger partial charge is 0.515 e. The second kappa shape index (κ2) is 23.3. The lowest BCUT2D eigenvalue weighted by Gasteiger charge is -2.38. The van der Waals surface area contributed by atoms with Gasteiger partial charge in [0.05, 0.1) is 24.1 Å². The Labute approximate surface area is 275 Å². The molecule has 0 saturated heterocycles. The van der Waals surface area contributed by atoms with Crippen LogP contribution in [0.4, 0.5) is 0 Å². The standard InChI is InChI=1S/C37H67N3O5/c1-7-9-11-13-15-17-23-43-35(44-24-18-16-14-12-10-8-2)20-19-34(42)45-32-26-29(3)25-31(27-32)39-37-33(28-41)30(4)36(37)38-21-22-40(5)6/h28-29,31-32,35,38-39,41H,4,7-27H2,1-3,5-6H3. The SMILES string of the molecule is C=C1C(=CO)C(NC2CC(C)CC(OC(=O)CCC(OCCCCCCCC)OCCCCCCCC)C2)=C1NCCN(C)C. The first kappa shape index (κ1) is 39.1. The Morgan fingerprint density at radius 2 is 1.53 bits per heavy atom. The number of esters is 1. The van der Waals surface area contributed by atoms with Crippen LogP contribution in [0.15, 0.2) is 35.4 Å². The summed E-state index contributed by atoms with van der Waals surface area (Å²) in [4.78, 5) is 15.1. The summed E-state index contributed by atoms with van der Waals surface area (Å²) >= 11 is 0. The van der Waals surface area contributed by atoms with E-state index in [1.807, 2.05) is 14.1 Å². The smallest absolute Gasteiger partial charge is 0.306 e. The molecule has 0 aromatic heterocycles. The topological polar surface area (TPSA) is 92.3 Å². The molecule has 8 nitrogen and oxygen atoms in total. The van der Waals surface area contributed by atoms with Crippen molar-refractivity contribution in [2.24, 2.45) is 5.92 Å². The first-order chi connectivity index (χ1) is 21.8. The van der Waals surface area contributed by atoms with Crippen molar-refractivity contribution in [2.45, 2.75) is 148 Å². The highest BCUT2D eigenvalue weighted by Gasteiger charge is 2.34. The van der Waals surface area contributed by atoms with Crippen LogP contribution in [-0.4, -0.2) is 74.8 Å². The number of rotatable bonds is 26. The van der Waals surface area contributed by atoms with Crippen LogP contribution in [0.1, 0.15) is 130 Å². The van der Waals surface area contributed by atoms with E-state index in [-0.39, 0.29) is 24.4 Å². The van der Waals surface area contributed by atoms with E-state index in [0.717, 1.165) is 74.0 Å². The van der Waals surface area contributed by atoms with Gasteiger partial charge in [-0.25, -0.2) is 0 Å². The maximum Gasteiger partial charge on any atom is 0.306 e. The van der Waals surface area contributed by atoms with Crippen molar-refractivity contribution in [2.75, 3.05) is 40.4 Å². The summed E-state index contributed by atoms with van der Waals surface area (Å²) in [7, 11) is 4.09. The molecule has 45 heavy (non-hydrogen) atoms. The Bertz CT molecular complexity index is 884. The molecule has 3 unspecified atom stereocenters. The molecule has 0 bridgehead atoms. The monoisotopic (exact) mass is 634 g/mol. The summed E-state index contributed by atoms with van der Waals surface area (Å²) < 4.78 is 18.3. The van der Waals surface area contributed by atoms with E-state index in [1.54, 1.807) is 0 Å². The lowest BCUT2D eigenvalue weighted by Crippen LogP contribution is -2.44. The number of ether oxygens (including phenoxy) is 3. The van der Waals surface area contributed by atoms with Gasteiger partial charge in [0.2, 0.25) is 0 Å². The molecular weight excluding hydrogens is 566 g/mol. The average molecular weight is 634 g/mol. The predicted octanol–water partition coefficient (Wildman–Crippen LogP) is 7.91. The quantitative estimate of drug-likeness (QED) is 0.0383. The third kappa shape index (κ3) is 15.9. The lowest BCUT2D eigenvalue weighted by molar-refractivity contribution is -0.164. The zero-order valence-corrected chi connectivity index (χ0v) is 29.5. The summed E-state index contributed by atoms with van der Waals surface area (Å²) in [5, 5.41) is 16.9. The van der Waals surface area contributed by atoms with E-state index in [1.165, 1.54) is 64.2 Å². The van der Waals surface area contributed by atoms with Crippen LogP contribution in [0, 0.1) is 5.92 Å². The van der Waals surface area contributed by atoms with Gasteiger partial charge >= 0.3 is 5.97 Å². The van der Waals surface area contributed by atoms with Crippen molar-refractivity contribution < 1.29 is 24.1 Å². The van der Waals surface area contributed by atoms with Gasteiger partial charge in [0, 0.05) is 56.3 Å². The average Bonchev–Trinajstić information content (AvgIpc) is 3.00. The minimum absolute atomic E-state index is 0.138. The van der Waals surface area contributed by atoms with Crippen molar-refractivity contribution in [3.05, 3.63) is 35.4 Å². The van der Waals surface area contributed by atoms with Crippen molar-refractivity contribution in [1.82, 2.24) is 15.5 Å². The second-order valence-corrected chi connectivity index (χ2v) is 13.5. The van der Waals surface area contributed by atoms with E-state index in [2.05, 4.69) is 42.9 Å². The Morgan fingerprint density at radius 1 is 0.933 bits per heavy atom. The van der Waals surface area contributed by atoms with Crippen LogP contribution in [0.3, 0.4) is 0 Å². The number of hydrogen-bond acceptors (Lipinski definition) is 8. The first-order valence-electron chi connectivity index (χ1n) is 18.1. The molecule has 3 N–H and O–H groups in total. The van der Waals surface area contributed by atoms with Gasteiger partial charge in [0.25, 0.3) is 0 Å². The molecule has 0 amide bonds. The Hall–Kier alpha value is -2.03. The molecule has 0 aromatic carbocycles. The number of carbonyl (C=O) groups is 1. The zero-order valence-electron chi connectivity index (χ0n) is 29.5. The van der Waals surface area contributed by atoms with E-state index in [0.29, 0.717) is 32.0 Å². The van der Waals surface area contributed by atoms with Crippen molar-refractivity contribution in [3.63, 3.8) is 0 Å². The highest BCUT2D eigenvalue weighted by Crippen LogP contribution is 2.37. The summed E-state index contributed by atoms with van der Waals surface area (Å²) in [5.41, 5.74) is 3.41. The number of allylic oxidation sites excluding steroid dienone is 2. The third-order valence-corrected chi connectivity index (χ3v) is 8.87. The molecule has 0 aliphatic heterocycles. The van der Waals surface area contributed by atoms with Gasteiger partial charge in [-0.1, -0.05) is 91.6 Å². The van der Waals surface area contributed by atoms with Crippen LogP contribution in [0.5, 0.6) is 0 Å². The maximum atomic E-state index is 13.0. The van der Waals surface area contributed by atoms with Crippen molar-refractivity contribution in [1.29, 1.82) is 0 Å². The van der Waals surface area contributed by atoms with E-state index < -0.39 is 0 Å². The number of aliphatic hydroxyl groups excluding tert-OH is 1. The third-order valence-electron chi connectivity index (χ3n) is 8.87. The Balaban J connectivity index is 1.84. The number of carbonyl (C=O) groups excluding carboxylic acids is 1. The summed E-state index contributed by atoms with van der Waals surface area (Å²) in [6.45, 7) is 13.9. The molecule has 1 fully saturated rings. The van der Waals surface area contributed by atoms with Gasteiger partial charge in [-0.05, 0) is 45.7 Å². The maximum absolute atomic E-state index is 13.0. The molecule has 1 saturated carbocycles. The summed E-state index contributed by atoms with van der Waals surface area (Å²) in [6, 6.07) is 0.143. The van der Waals surface area contributed by atoms with E-state index in [9.17, 15) is 9.90 Å². The van der Waals surface area contributed by atoms with Gasteiger partial charge in [-0.3, -0.25) is 4.79 Å². The minimum atomic E-state index is -0.357. The second-order valence-electron chi connectivity index (χ2n) is 13.5. The van der Waals surface area contributed by atoms with Crippen LogP contribution < -0.4 is 10.6 Å². The molecule has 0 aromatic rings. The summed E-state index contributed by atoms with van der Waals surface area (Å²) in [5.74, 6) is 0.237. The molecule has 2 aliphatic carbocycles. The number of likely N-dealkylation sites (N-methyl/N-ethyl adjacent to an activating group) is 1. The first-order valence-corrected chi connectivity index (χ1v) is 18.1. The molecule has 260 valence electrons. The number of aliphatic hydroxyl groups is 1. The van der Waals surface area contributed by atoms with Crippen LogP contribution in [0.2, 0.25) is 0 Å². The molecule has 2 rings (SSSR count). The van der Waals surface area contributed by atoms with Crippen LogP contribution in [-0.2, 0) is 19.0 Å². The molecule has 3 atom stereocenters. The fraction of sp³-hybridized carbons (Fsp3) is 0.811. The summed E-state index contributed by atoms with van der Waals surface area (Å²) in [6.07, 6.45) is 18.6. The molecule has 0 spiro atoms. The van der Waals surface area contributed by atoms with Crippen LogP contribution >= 0.6 is 0 Å². The van der Waals surface area contributed by atoms with Gasteiger partial charge in [-0.2, -0.15) is 0 Å². The normalized spacial score (nSPS) is 21.1.